The molecule has 0 atom stereocenters. The molecule has 3 rings (SSSR count). The summed E-state index contributed by atoms with van der Waals surface area (Å²) in [6.07, 6.45) is 3.62. The van der Waals surface area contributed by atoms with Crippen molar-refractivity contribution in [1.29, 1.82) is 0 Å². The molecule has 2 aromatic heterocycles. The van der Waals surface area contributed by atoms with Crippen molar-refractivity contribution in [3.8, 4) is 0 Å². The van der Waals surface area contributed by atoms with Gasteiger partial charge in [0.05, 0.1) is 0 Å². The molecule has 0 spiro atoms. The van der Waals surface area contributed by atoms with Crippen LogP contribution >= 0.6 is 0 Å². The normalized spacial score (nSPS) is 15.3. The van der Waals surface area contributed by atoms with E-state index in [9.17, 15) is 4.79 Å². The van der Waals surface area contributed by atoms with Gasteiger partial charge in [0.1, 0.15) is 5.82 Å². The van der Waals surface area contributed by atoms with Crippen molar-refractivity contribution < 1.29 is 4.79 Å². The second-order valence-electron chi connectivity index (χ2n) is 5.37. The molecule has 2 N–H and O–H groups in total. The Morgan fingerprint density at radius 1 is 1.17 bits per heavy atom. The molecule has 1 aliphatic rings. The third-order valence-electron chi connectivity index (χ3n) is 3.85. The summed E-state index contributed by atoms with van der Waals surface area (Å²) in [5, 5.41) is 22.0. The van der Waals surface area contributed by atoms with Crippen LogP contribution in [-0.4, -0.2) is 52.5 Å². The highest BCUT2D eigenvalue weighted by Gasteiger charge is 2.21. The monoisotopic (exact) mass is 313 g/mol. The number of amides is 1. The van der Waals surface area contributed by atoms with Gasteiger partial charge in [-0.2, -0.15) is 5.10 Å². The highest BCUT2D eigenvalue weighted by atomic mass is 16.1. The summed E-state index contributed by atoms with van der Waals surface area (Å²) >= 11 is 0. The molecule has 0 unspecified atom stereocenters. The van der Waals surface area contributed by atoms with Gasteiger partial charge in [0.2, 0.25) is 0 Å². The summed E-state index contributed by atoms with van der Waals surface area (Å²) < 4.78 is 0. The zero-order chi connectivity index (χ0) is 16.1. The molecular weight excluding hydrogens is 294 g/mol. The molecule has 0 radical (unpaired) electrons. The molecule has 8 heteroatoms. The predicted molar refractivity (Wildman–Crippen MR) is 86.3 cm³/mol. The van der Waals surface area contributed by atoms with Crippen LogP contribution in [0.3, 0.4) is 0 Å². The summed E-state index contributed by atoms with van der Waals surface area (Å²) in [5.41, 5.74) is 0.329. The maximum absolute atomic E-state index is 11.5. The summed E-state index contributed by atoms with van der Waals surface area (Å²) in [5.74, 6) is 1.38. The molecule has 8 nitrogen and oxygen atoms in total. The van der Waals surface area contributed by atoms with E-state index in [2.05, 4.69) is 35.9 Å². The first-order chi connectivity index (χ1) is 11.3. The first-order valence-electron chi connectivity index (χ1n) is 7.61. The summed E-state index contributed by atoms with van der Waals surface area (Å²) in [4.78, 5) is 13.6. The van der Waals surface area contributed by atoms with Crippen LogP contribution in [0.4, 0.5) is 11.6 Å². The van der Waals surface area contributed by atoms with E-state index in [0.717, 1.165) is 37.6 Å². The molecule has 0 aliphatic carbocycles. The van der Waals surface area contributed by atoms with Crippen molar-refractivity contribution in [2.24, 2.45) is 0 Å². The van der Waals surface area contributed by atoms with E-state index in [1.165, 1.54) is 0 Å². The molecule has 0 aromatic carbocycles. The van der Waals surface area contributed by atoms with Crippen LogP contribution < -0.4 is 15.5 Å². The Kier molecular flexibility index (Phi) is 4.60. The zero-order valence-corrected chi connectivity index (χ0v) is 12.9. The van der Waals surface area contributed by atoms with Crippen molar-refractivity contribution in [3.05, 3.63) is 36.2 Å². The number of hydrogen-bond donors (Lipinski definition) is 2. The largest absolute Gasteiger partial charge is 0.366 e. The Bertz CT molecular complexity index is 639. The molecule has 3 heterocycles. The van der Waals surface area contributed by atoms with E-state index in [4.69, 9.17) is 0 Å². The van der Waals surface area contributed by atoms with E-state index in [0.29, 0.717) is 11.7 Å². The Balaban J connectivity index is 1.55. The maximum atomic E-state index is 11.5. The number of carbonyl (C=O) groups excluding carboxylic acids is 1. The third kappa shape index (κ3) is 3.71. The van der Waals surface area contributed by atoms with E-state index >= 15 is 0 Å². The molecule has 1 aliphatic heterocycles. The molecule has 0 saturated carbocycles. The number of aromatic nitrogens is 4. The topological polar surface area (TPSA) is 95.9 Å². The summed E-state index contributed by atoms with van der Waals surface area (Å²) in [6.45, 7) is 1.76. The Morgan fingerprint density at radius 2 is 2.00 bits per heavy atom. The molecule has 120 valence electrons. The van der Waals surface area contributed by atoms with Crippen molar-refractivity contribution >= 4 is 17.5 Å². The van der Waals surface area contributed by atoms with Crippen molar-refractivity contribution in [2.45, 2.75) is 18.9 Å². The van der Waals surface area contributed by atoms with Gasteiger partial charge >= 0.3 is 0 Å². The molecule has 23 heavy (non-hydrogen) atoms. The number of carbonyl (C=O) groups is 1. The quantitative estimate of drug-likeness (QED) is 0.858. The number of anilines is 2. The molecule has 1 amide bonds. The Labute approximate surface area is 134 Å². The molecule has 2 aromatic rings. The molecular formula is C15H19N7O. The van der Waals surface area contributed by atoms with Crippen LogP contribution in [0.1, 0.15) is 23.3 Å². The number of piperidine rings is 1. The highest BCUT2D eigenvalue weighted by molar-refractivity contribution is 5.91. The number of hydrogen-bond acceptors (Lipinski definition) is 7. The Hall–Kier alpha value is -2.77. The zero-order valence-electron chi connectivity index (χ0n) is 12.9. The van der Waals surface area contributed by atoms with Gasteiger partial charge in [-0.3, -0.25) is 4.79 Å². The first-order valence-corrected chi connectivity index (χ1v) is 7.61. The molecule has 0 bridgehead atoms. The fraction of sp³-hybridized carbons (Fsp3) is 0.400. The lowest BCUT2D eigenvalue weighted by atomic mass is 10.1. The fourth-order valence-electron chi connectivity index (χ4n) is 2.58. The van der Waals surface area contributed by atoms with E-state index in [1.54, 1.807) is 19.3 Å². The molecule has 1 saturated heterocycles. The lowest BCUT2D eigenvalue weighted by Gasteiger charge is -2.33. The van der Waals surface area contributed by atoms with Gasteiger partial charge in [-0.1, -0.05) is 0 Å². The minimum Gasteiger partial charge on any atom is -0.366 e. The van der Waals surface area contributed by atoms with Crippen LogP contribution in [0.25, 0.3) is 0 Å². The van der Waals surface area contributed by atoms with Gasteiger partial charge in [0.25, 0.3) is 5.91 Å². The average molecular weight is 313 g/mol. The van der Waals surface area contributed by atoms with E-state index in [-0.39, 0.29) is 5.91 Å². The van der Waals surface area contributed by atoms with Gasteiger partial charge in [0, 0.05) is 32.4 Å². The Morgan fingerprint density at radius 3 is 2.61 bits per heavy atom. The van der Waals surface area contributed by atoms with E-state index < -0.39 is 0 Å². The van der Waals surface area contributed by atoms with Gasteiger partial charge in [-0.25, -0.2) is 0 Å². The maximum Gasteiger partial charge on any atom is 0.271 e. The van der Waals surface area contributed by atoms with Gasteiger partial charge < -0.3 is 15.5 Å². The van der Waals surface area contributed by atoms with Crippen LogP contribution in [0.15, 0.2) is 30.5 Å². The van der Waals surface area contributed by atoms with Crippen LogP contribution in [-0.2, 0) is 0 Å². The lowest BCUT2D eigenvalue weighted by Crippen LogP contribution is -2.39. The minimum absolute atomic E-state index is 0.226. The third-order valence-corrected chi connectivity index (χ3v) is 3.85. The van der Waals surface area contributed by atoms with Crippen LogP contribution in [0, 0.1) is 0 Å². The number of nitrogens with one attached hydrogen (secondary N) is 2. The first kappa shape index (κ1) is 15.1. The SMILES string of the molecule is CNC(=O)c1ccc(N2CCC(Nc3cccnn3)CC2)nn1. The highest BCUT2D eigenvalue weighted by Crippen LogP contribution is 2.19. The standard InChI is InChI=1S/C15H19N7O/c1-16-15(23)12-4-5-14(21-19-12)22-9-6-11(7-10-22)18-13-3-2-8-17-20-13/h2-5,8,11H,6-7,9-10H2,1H3,(H,16,23)(H,18,20). The van der Waals surface area contributed by atoms with Crippen molar-refractivity contribution in [2.75, 3.05) is 30.4 Å². The number of rotatable bonds is 4. The summed E-state index contributed by atoms with van der Waals surface area (Å²) in [6, 6.07) is 7.70. The minimum atomic E-state index is -0.226. The second-order valence-corrected chi connectivity index (χ2v) is 5.37. The lowest BCUT2D eigenvalue weighted by molar-refractivity contribution is 0.0957. The van der Waals surface area contributed by atoms with Crippen molar-refractivity contribution in [3.63, 3.8) is 0 Å². The van der Waals surface area contributed by atoms with Crippen LogP contribution in [0.2, 0.25) is 0 Å². The van der Waals surface area contributed by atoms with Crippen LogP contribution in [0.5, 0.6) is 0 Å². The van der Waals surface area contributed by atoms with E-state index in [1.807, 2.05) is 18.2 Å². The second kappa shape index (κ2) is 6.99. The summed E-state index contributed by atoms with van der Waals surface area (Å²) in [7, 11) is 1.58. The van der Waals surface area contributed by atoms with Crippen molar-refractivity contribution in [1.82, 2.24) is 25.7 Å². The smallest absolute Gasteiger partial charge is 0.271 e. The van der Waals surface area contributed by atoms with Gasteiger partial charge in [-0.05, 0) is 37.1 Å². The van der Waals surface area contributed by atoms with Gasteiger partial charge in [-0.15, -0.1) is 15.3 Å². The molecule has 1 fully saturated rings. The van der Waals surface area contributed by atoms with Gasteiger partial charge in [0.15, 0.2) is 11.5 Å². The predicted octanol–water partition coefficient (Wildman–Crippen LogP) is 0.707. The average Bonchev–Trinajstić information content (AvgIpc) is 2.63. The number of nitrogens with zero attached hydrogens (tertiary/aromatic N) is 5. The fourth-order valence-corrected chi connectivity index (χ4v) is 2.58.